The van der Waals surface area contributed by atoms with Crippen molar-refractivity contribution in [3.05, 3.63) is 57.8 Å². The van der Waals surface area contributed by atoms with Crippen LogP contribution < -0.4 is 20.2 Å². The standard InChI is InChI=1S/C25H27N4O4PS/c1-13-8-14(2)24(26-11-13)33-19-10-20(34(4,5)32)35-22(19)17-12-29(3)25(31)21-16(17)9-18(28-21)23(30)27-15-6-7-15/h8-12,15,28H,6-7H2,1-5H3,(H,27,30). The Labute approximate surface area is 206 Å². The van der Waals surface area contributed by atoms with E-state index in [1.165, 1.54) is 15.9 Å². The summed E-state index contributed by atoms with van der Waals surface area (Å²) in [4.78, 5) is 33.8. The Balaban J connectivity index is 1.69. The highest BCUT2D eigenvalue weighted by Crippen LogP contribution is 2.47. The third-order valence-electron chi connectivity index (χ3n) is 5.96. The number of carbonyl (C=O) groups is 1. The smallest absolute Gasteiger partial charge is 0.274 e. The summed E-state index contributed by atoms with van der Waals surface area (Å²) in [5, 5.41) is 3.57. The van der Waals surface area contributed by atoms with Crippen LogP contribution in [0.1, 0.15) is 34.5 Å². The molecule has 4 aromatic heterocycles. The van der Waals surface area contributed by atoms with Gasteiger partial charge in [-0.25, -0.2) is 4.98 Å². The molecule has 1 fully saturated rings. The van der Waals surface area contributed by atoms with Gasteiger partial charge in [-0.05, 0) is 57.7 Å². The van der Waals surface area contributed by atoms with Crippen LogP contribution in [0, 0.1) is 13.8 Å². The minimum Gasteiger partial charge on any atom is -0.437 e. The zero-order valence-corrected chi connectivity index (χ0v) is 22.0. The maximum Gasteiger partial charge on any atom is 0.274 e. The lowest BCUT2D eigenvalue weighted by molar-refractivity contribution is 0.0947. The summed E-state index contributed by atoms with van der Waals surface area (Å²) in [6.07, 6.45) is 5.41. The quantitative estimate of drug-likeness (QED) is 0.371. The largest absolute Gasteiger partial charge is 0.437 e. The average Bonchev–Trinajstić information content (AvgIpc) is 3.31. The molecule has 10 heteroatoms. The van der Waals surface area contributed by atoms with Gasteiger partial charge in [-0.3, -0.25) is 9.59 Å². The van der Waals surface area contributed by atoms with Crippen LogP contribution in [0.15, 0.2) is 35.4 Å². The van der Waals surface area contributed by atoms with Crippen LogP contribution in [0.2, 0.25) is 0 Å². The summed E-state index contributed by atoms with van der Waals surface area (Å²) in [7, 11) is -0.925. The summed E-state index contributed by atoms with van der Waals surface area (Å²) in [5.41, 5.74) is 3.06. The van der Waals surface area contributed by atoms with Crippen molar-refractivity contribution in [2.24, 2.45) is 7.05 Å². The Morgan fingerprint density at radius 3 is 2.66 bits per heavy atom. The van der Waals surface area contributed by atoms with E-state index in [9.17, 15) is 14.2 Å². The Morgan fingerprint density at radius 2 is 2.00 bits per heavy atom. The molecule has 4 aromatic rings. The SMILES string of the molecule is Cc1cnc(Oc2cc(P(C)(C)=O)sc2-c2cn(C)c(=O)c3[nH]c(C(=O)NC4CC4)cc23)c(C)c1. The number of amides is 1. The maximum absolute atomic E-state index is 13.0. The fourth-order valence-corrected chi connectivity index (χ4v) is 6.36. The van der Waals surface area contributed by atoms with Crippen molar-refractivity contribution in [1.82, 2.24) is 19.9 Å². The summed E-state index contributed by atoms with van der Waals surface area (Å²) in [6.45, 7) is 7.32. The fourth-order valence-electron chi connectivity index (χ4n) is 3.93. The van der Waals surface area contributed by atoms with Crippen LogP contribution >= 0.6 is 18.5 Å². The molecule has 0 unspecified atom stereocenters. The molecule has 35 heavy (non-hydrogen) atoms. The van der Waals surface area contributed by atoms with E-state index < -0.39 is 7.14 Å². The van der Waals surface area contributed by atoms with Gasteiger partial charge in [0.15, 0.2) is 0 Å². The summed E-state index contributed by atoms with van der Waals surface area (Å²) >= 11 is 1.37. The second-order valence-electron chi connectivity index (χ2n) is 9.54. The van der Waals surface area contributed by atoms with Crippen molar-refractivity contribution in [1.29, 1.82) is 0 Å². The molecule has 0 radical (unpaired) electrons. The molecule has 1 aliphatic carbocycles. The first-order valence-electron chi connectivity index (χ1n) is 11.4. The van der Waals surface area contributed by atoms with E-state index in [4.69, 9.17) is 4.74 Å². The monoisotopic (exact) mass is 510 g/mol. The topological polar surface area (TPSA) is 106 Å². The lowest BCUT2D eigenvalue weighted by Crippen LogP contribution is -2.25. The molecule has 0 atom stereocenters. The lowest BCUT2D eigenvalue weighted by atomic mass is 10.1. The molecule has 2 N–H and O–H groups in total. The summed E-state index contributed by atoms with van der Waals surface area (Å²) in [6, 6.07) is 5.69. The number of rotatable bonds is 6. The third-order valence-corrected chi connectivity index (χ3v) is 9.69. The molecule has 0 saturated heterocycles. The van der Waals surface area contributed by atoms with Crippen LogP contribution in [-0.4, -0.2) is 39.8 Å². The molecule has 1 saturated carbocycles. The van der Waals surface area contributed by atoms with Crippen molar-refractivity contribution in [3.8, 4) is 22.1 Å². The molecule has 1 aliphatic rings. The number of nitrogens with one attached hydrogen (secondary N) is 2. The van der Waals surface area contributed by atoms with Gasteiger partial charge in [-0.2, -0.15) is 0 Å². The summed E-state index contributed by atoms with van der Waals surface area (Å²) in [5.74, 6) is 0.743. The molecular weight excluding hydrogens is 483 g/mol. The molecular formula is C25H27N4O4PS. The molecule has 0 aromatic carbocycles. The zero-order valence-electron chi connectivity index (χ0n) is 20.3. The molecule has 1 amide bonds. The highest BCUT2D eigenvalue weighted by molar-refractivity contribution is 7.75. The second kappa shape index (κ2) is 8.50. The van der Waals surface area contributed by atoms with Crippen molar-refractivity contribution in [3.63, 3.8) is 0 Å². The molecule has 0 spiro atoms. The number of aromatic amines is 1. The lowest BCUT2D eigenvalue weighted by Gasteiger charge is -2.10. The third kappa shape index (κ3) is 4.58. The highest BCUT2D eigenvalue weighted by Gasteiger charge is 2.27. The number of pyridine rings is 2. The van der Waals surface area contributed by atoms with Crippen LogP contribution in [-0.2, 0) is 11.6 Å². The maximum atomic E-state index is 13.0. The minimum absolute atomic E-state index is 0.199. The molecule has 8 nitrogen and oxygen atoms in total. The Morgan fingerprint density at radius 1 is 1.26 bits per heavy atom. The predicted octanol–water partition coefficient (Wildman–Crippen LogP) is 4.54. The van der Waals surface area contributed by atoms with Crippen molar-refractivity contribution in [2.45, 2.75) is 32.7 Å². The van der Waals surface area contributed by atoms with E-state index in [1.54, 1.807) is 44.9 Å². The average molecular weight is 511 g/mol. The van der Waals surface area contributed by atoms with Gasteiger partial charge in [0.1, 0.15) is 24.1 Å². The van der Waals surface area contributed by atoms with E-state index in [2.05, 4.69) is 15.3 Å². The predicted molar refractivity (Wildman–Crippen MR) is 140 cm³/mol. The van der Waals surface area contributed by atoms with Crippen molar-refractivity contribution >= 4 is 39.9 Å². The number of thiophene rings is 1. The first-order valence-corrected chi connectivity index (χ1v) is 14.8. The van der Waals surface area contributed by atoms with Gasteiger partial charge in [0.25, 0.3) is 11.5 Å². The molecule has 182 valence electrons. The highest BCUT2D eigenvalue weighted by atomic mass is 32.1. The second-order valence-corrected chi connectivity index (χ2v) is 14.1. The van der Waals surface area contributed by atoms with Crippen LogP contribution in [0.5, 0.6) is 11.6 Å². The minimum atomic E-state index is -2.59. The number of ether oxygens (including phenoxy) is 1. The first kappa shape index (κ1) is 23.6. The van der Waals surface area contributed by atoms with E-state index in [0.29, 0.717) is 38.4 Å². The van der Waals surface area contributed by atoms with E-state index in [1.807, 2.05) is 19.9 Å². The number of fused-ring (bicyclic) bond motifs is 1. The molecule has 5 rings (SSSR count). The van der Waals surface area contributed by atoms with Gasteiger partial charge in [-0.15, -0.1) is 11.3 Å². The van der Waals surface area contributed by atoms with Gasteiger partial charge < -0.3 is 24.2 Å². The van der Waals surface area contributed by atoms with Gasteiger partial charge in [0.05, 0.1) is 9.50 Å². The molecule has 0 bridgehead atoms. The zero-order chi connectivity index (χ0) is 25.1. The van der Waals surface area contributed by atoms with Crippen LogP contribution in [0.25, 0.3) is 21.3 Å². The van der Waals surface area contributed by atoms with Gasteiger partial charge >= 0.3 is 0 Å². The number of hydrogen-bond donors (Lipinski definition) is 2. The van der Waals surface area contributed by atoms with Gasteiger partial charge in [0, 0.05) is 48.1 Å². The van der Waals surface area contributed by atoms with Gasteiger partial charge in [0.2, 0.25) is 5.88 Å². The van der Waals surface area contributed by atoms with Crippen molar-refractivity contribution in [2.75, 3.05) is 13.3 Å². The van der Waals surface area contributed by atoms with Crippen molar-refractivity contribution < 1.29 is 14.1 Å². The van der Waals surface area contributed by atoms with Crippen LogP contribution in [0.3, 0.4) is 0 Å². The van der Waals surface area contributed by atoms with Crippen LogP contribution in [0.4, 0.5) is 0 Å². The van der Waals surface area contributed by atoms with E-state index in [0.717, 1.165) is 28.8 Å². The Bertz CT molecular complexity index is 1590. The Hall–Kier alpha value is -3.16. The number of aryl methyl sites for hydroxylation is 3. The normalized spacial score (nSPS) is 13.9. The number of H-pyrrole nitrogens is 1. The molecule has 0 aliphatic heterocycles. The van der Waals surface area contributed by atoms with E-state index >= 15 is 0 Å². The van der Waals surface area contributed by atoms with Gasteiger partial charge in [-0.1, -0.05) is 0 Å². The Kier molecular flexibility index (Phi) is 5.73. The number of carbonyl (C=O) groups excluding carboxylic acids is 1. The fraction of sp³-hybridized carbons (Fsp3) is 0.320. The number of nitrogens with zero attached hydrogens (tertiary/aromatic N) is 2. The summed E-state index contributed by atoms with van der Waals surface area (Å²) < 4.78 is 21.4. The van der Waals surface area contributed by atoms with E-state index in [-0.39, 0.29) is 17.5 Å². The number of aromatic nitrogens is 3. The number of hydrogen-bond acceptors (Lipinski definition) is 6. The first-order chi connectivity index (χ1) is 16.5. The molecule has 4 heterocycles.